The number of benzene rings is 1. The first kappa shape index (κ1) is 23.6. The van der Waals surface area contributed by atoms with Gasteiger partial charge in [-0.3, -0.25) is 4.99 Å². The van der Waals surface area contributed by atoms with Gasteiger partial charge in [0.25, 0.3) is 0 Å². The van der Waals surface area contributed by atoms with Crippen molar-refractivity contribution in [2.24, 2.45) is 4.99 Å². The number of guanidine groups is 1. The Labute approximate surface area is 193 Å². The standard InChI is InChI=1S/C21H25N5O3.HI/c1-22-21(24-13-17-9-6-10-23-19(17)28-12-11-27-2)25-14-18-15-29-20(26-18)16-7-4-3-5-8-16;/h3-10,15H,11-14H2,1-2H3,(H2,22,24,25);1H. The summed E-state index contributed by atoms with van der Waals surface area (Å²) in [6.45, 7) is 1.96. The average molecular weight is 523 g/mol. The van der Waals surface area contributed by atoms with E-state index in [0.717, 1.165) is 16.8 Å². The van der Waals surface area contributed by atoms with Crippen molar-refractivity contribution in [2.75, 3.05) is 27.4 Å². The van der Waals surface area contributed by atoms with Crippen LogP contribution in [-0.4, -0.2) is 43.3 Å². The van der Waals surface area contributed by atoms with Gasteiger partial charge in [-0.25, -0.2) is 9.97 Å². The smallest absolute Gasteiger partial charge is 0.226 e. The molecule has 3 aromatic rings. The van der Waals surface area contributed by atoms with Crippen LogP contribution < -0.4 is 15.4 Å². The van der Waals surface area contributed by atoms with Gasteiger partial charge in [0.05, 0.1) is 18.8 Å². The van der Waals surface area contributed by atoms with E-state index in [-0.39, 0.29) is 24.0 Å². The minimum Gasteiger partial charge on any atom is -0.475 e. The zero-order chi connectivity index (χ0) is 20.3. The molecule has 2 N–H and O–H groups in total. The Bertz CT molecular complexity index is 918. The summed E-state index contributed by atoms with van der Waals surface area (Å²) in [7, 11) is 3.35. The molecular formula is C21H26IN5O3. The fourth-order valence-corrected chi connectivity index (χ4v) is 2.59. The van der Waals surface area contributed by atoms with Crippen LogP contribution in [-0.2, 0) is 17.8 Å². The number of nitrogens with zero attached hydrogens (tertiary/aromatic N) is 3. The Balaban J connectivity index is 0.00000320. The lowest BCUT2D eigenvalue weighted by atomic mass is 10.2. The van der Waals surface area contributed by atoms with E-state index in [1.807, 2.05) is 42.5 Å². The van der Waals surface area contributed by atoms with Gasteiger partial charge in [-0.1, -0.05) is 24.3 Å². The topological polar surface area (TPSA) is 93.8 Å². The lowest BCUT2D eigenvalue weighted by Gasteiger charge is -2.13. The predicted octanol–water partition coefficient (Wildman–Crippen LogP) is 3.25. The van der Waals surface area contributed by atoms with Crippen LogP contribution >= 0.6 is 24.0 Å². The molecule has 0 radical (unpaired) electrons. The Kier molecular flexibility index (Phi) is 10.1. The Morgan fingerprint density at radius 3 is 2.63 bits per heavy atom. The number of nitrogens with one attached hydrogen (secondary N) is 2. The van der Waals surface area contributed by atoms with Crippen molar-refractivity contribution < 1.29 is 13.9 Å². The maximum Gasteiger partial charge on any atom is 0.226 e. The van der Waals surface area contributed by atoms with Gasteiger partial charge in [-0.15, -0.1) is 24.0 Å². The van der Waals surface area contributed by atoms with Crippen molar-refractivity contribution in [2.45, 2.75) is 13.1 Å². The highest BCUT2D eigenvalue weighted by Crippen LogP contribution is 2.18. The summed E-state index contributed by atoms with van der Waals surface area (Å²) in [6, 6.07) is 13.6. The second-order valence-electron chi connectivity index (χ2n) is 6.10. The van der Waals surface area contributed by atoms with E-state index >= 15 is 0 Å². The molecule has 30 heavy (non-hydrogen) atoms. The number of rotatable bonds is 9. The summed E-state index contributed by atoms with van der Waals surface area (Å²) in [5, 5.41) is 6.48. The van der Waals surface area contributed by atoms with Crippen LogP contribution in [0.25, 0.3) is 11.5 Å². The molecule has 0 saturated heterocycles. The molecule has 0 aliphatic rings. The molecule has 3 rings (SSSR count). The van der Waals surface area contributed by atoms with Gasteiger partial charge >= 0.3 is 0 Å². The van der Waals surface area contributed by atoms with Crippen LogP contribution in [0, 0.1) is 0 Å². The van der Waals surface area contributed by atoms with Gasteiger partial charge in [0.2, 0.25) is 11.8 Å². The molecule has 0 aliphatic carbocycles. The van der Waals surface area contributed by atoms with Crippen molar-refractivity contribution in [1.82, 2.24) is 20.6 Å². The second kappa shape index (κ2) is 12.8. The van der Waals surface area contributed by atoms with Crippen molar-refractivity contribution in [3.05, 3.63) is 66.2 Å². The molecule has 0 bridgehead atoms. The molecule has 0 spiro atoms. The lowest BCUT2D eigenvalue weighted by molar-refractivity contribution is 0.143. The molecule has 160 valence electrons. The number of aromatic nitrogens is 2. The molecule has 0 aliphatic heterocycles. The molecule has 9 heteroatoms. The predicted molar refractivity (Wildman–Crippen MR) is 126 cm³/mol. The molecule has 0 amide bonds. The maximum absolute atomic E-state index is 5.66. The van der Waals surface area contributed by atoms with Crippen molar-refractivity contribution in [3.8, 4) is 17.3 Å². The first-order valence-electron chi connectivity index (χ1n) is 9.30. The number of ether oxygens (including phenoxy) is 2. The Hall–Kier alpha value is -2.66. The normalized spacial score (nSPS) is 10.9. The van der Waals surface area contributed by atoms with Crippen molar-refractivity contribution in [1.29, 1.82) is 0 Å². The molecule has 2 heterocycles. The molecule has 2 aromatic heterocycles. The van der Waals surface area contributed by atoms with E-state index in [0.29, 0.717) is 44.0 Å². The van der Waals surface area contributed by atoms with Gasteiger partial charge < -0.3 is 24.5 Å². The van der Waals surface area contributed by atoms with Gasteiger partial charge in [-0.2, -0.15) is 0 Å². The van der Waals surface area contributed by atoms with E-state index in [1.165, 1.54) is 0 Å². The molecule has 0 fully saturated rings. The zero-order valence-electron chi connectivity index (χ0n) is 17.0. The van der Waals surface area contributed by atoms with Crippen molar-refractivity contribution in [3.63, 3.8) is 0 Å². The minimum absolute atomic E-state index is 0. The largest absolute Gasteiger partial charge is 0.475 e. The first-order chi connectivity index (χ1) is 14.3. The van der Waals surface area contributed by atoms with Crippen LogP contribution in [0.15, 0.2) is 64.3 Å². The zero-order valence-corrected chi connectivity index (χ0v) is 19.3. The summed E-state index contributed by atoms with van der Waals surface area (Å²) in [6.07, 6.45) is 3.35. The molecule has 1 aromatic carbocycles. The number of methoxy groups -OCH3 is 1. The fraction of sp³-hybridized carbons (Fsp3) is 0.286. The molecular weight excluding hydrogens is 497 g/mol. The summed E-state index contributed by atoms with van der Waals surface area (Å²) >= 11 is 0. The monoisotopic (exact) mass is 523 g/mol. The fourth-order valence-electron chi connectivity index (χ4n) is 2.59. The molecule has 0 saturated carbocycles. The molecule has 8 nitrogen and oxygen atoms in total. The highest BCUT2D eigenvalue weighted by atomic mass is 127. The number of hydrogen-bond donors (Lipinski definition) is 2. The first-order valence-corrected chi connectivity index (χ1v) is 9.30. The van der Waals surface area contributed by atoms with E-state index in [9.17, 15) is 0 Å². The van der Waals surface area contributed by atoms with Crippen molar-refractivity contribution >= 4 is 29.9 Å². The Morgan fingerprint density at radius 1 is 1.07 bits per heavy atom. The second-order valence-corrected chi connectivity index (χ2v) is 6.10. The van der Waals surface area contributed by atoms with Crippen LogP contribution in [0.5, 0.6) is 5.88 Å². The lowest BCUT2D eigenvalue weighted by Crippen LogP contribution is -2.36. The minimum atomic E-state index is 0. The van der Waals surface area contributed by atoms with Gasteiger partial charge in [0, 0.05) is 38.0 Å². The summed E-state index contributed by atoms with van der Waals surface area (Å²) < 4.78 is 16.2. The van der Waals surface area contributed by atoms with E-state index in [2.05, 4.69) is 25.6 Å². The number of aliphatic imine (C=N–C) groups is 1. The quantitative estimate of drug-likeness (QED) is 0.193. The van der Waals surface area contributed by atoms with Crippen LogP contribution in [0.4, 0.5) is 0 Å². The van der Waals surface area contributed by atoms with Crippen LogP contribution in [0.1, 0.15) is 11.3 Å². The Morgan fingerprint density at radius 2 is 1.87 bits per heavy atom. The summed E-state index contributed by atoms with van der Waals surface area (Å²) in [5.41, 5.74) is 2.66. The van der Waals surface area contributed by atoms with Gasteiger partial charge in [-0.05, 0) is 18.2 Å². The van der Waals surface area contributed by atoms with Crippen LogP contribution in [0.2, 0.25) is 0 Å². The van der Waals surface area contributed by atoms with E-state index in [1.54, 1.807) is 26.6 Å². The highest BCUT2D eigenvalue weighted by Gasteiger charge is 2.09. The summed E-state index contributed by atoms with van der Waals surface area (Å²) in [5.74, 6) is 1.82. The average Bonchev–Trinajstić information content (AvgIpc) is 3.25. The third-order valence-corrected chi connectivity index (χ3v) is 4.06. The number of hydrogen-bond acceptors (Lipinski definition) is 6. The van der Waals surface area contributed by atoms with E-state index in [4.69, 9.17) is 13.9 Å². The number of pyridine rings is 1. The van der Waals surface area contributed by atoms with Crippen LogP contribution in [0.3, 0.4) is 0 Å². The molecule has 0 unspecified atom stereocenters. The van der Waals surface area contributed by atoms with Gasteiger partial charge in [0.1, 0.15) is 12.9 Å². The summed E-state index contributed by atoms with van der Waals surface area (Å²) in [4.78, 5) is 13.0. The van der Waals surface area contributed by atoms with E-state index < -0.39 is 0 Å². The number of halogens is 1. The number of oxazole rings is 1. The maximum atomic E-state index is 5.66. The molecule has 0 atom stereocenters. The highest BCUT2D eigenvalue weighted by molar-refractivity contribution is 14.0. The SMILES string of the molecule is CN=C(NCc1coc(-c2ccccc2)n1)NCc1cccnc1OCCOC.I. The third-order valence-electron chi connectivity index (χ3n) is 4.06. The van der Waals surface area contributed by atoms with Gasteiger partial charge in [0.15, 0.2) is 5.96 Å². The third kappa shape index (κ3) is 6.99.